The van der Waals surface area contributed by atoms with Crippen LogP contribution < -0.4 is 5.32 Å². The maximum absolute atomic E-state index is 11.8. The number of benzene rings is 1. The van der Waals surface area contributed by atoms with E-state index in [1.54, 1.807) is 6.21 Å². The molecule has 1 atom stereocenters. The number of hydrogen-bond donors (Lipinski definition) is 2. The van der Waals surface area contributed by atoms with E-state index >= 15 is 0 Å². The maximum Gasteiger partial charge on any atom is 0.305 e. The van der Waals surface area contributed by atoms with E-state index in [9.17, 15) is 9.59 Å². The molecule has 1 amide bonds. The molecule has 2 fully saturated rings. The average Bonchev–Trinajstić information content (AvgIpc) is 2.99. The van der Waals surface area contributed by atoms with Gasteiger partial charge in [-0.25, -0.2) is 0 Å². The summed E-state index contributed by atoms with van der Waals surface area (Å²) < 4.78 is 0. The van der Waals surface area contributed by atoms with E-state index in [4.69, 9.17) is 5.11 Å². The molecule has 0 bridgehead atoms. The van der Waals surface area contributed by atoms with Gasteiger partial charge in [-0.3, -0.25) is 14.5 Å². The molecule has 0 aliphatic carbocycles. The van der Waals surface area contributed by atoms with Crippen molar-refractivity contribution < 1.29 is 14.7 Å². The molecule has 0 spiro atoms. The predicted molar refractivity (Wildman–Crippen MR) is 115 cm³/mol. The van der Waals surface area contributed by atoms with Crippen molar-refractivity contribution in [3.05, 3.63) is 34.4 Å². The van der Waals surface area contributed by atoms with Crippen LogP contribution in [-0.2, 0) is 16.1 Å². The third-order valence-corrected chi connectivity index (χ3v) is 6.27. The number of hydrogen-bond acceptors (Lipinski definition) is 7. The lowest BCUT2D eigenvalue weighted by Gasteiger charge is -2.32. The molecular weight excluding hydrogens is 390 g/mol. The number of nitrogens with zero attached hydrogens (tertiary/aromatic N) is 4. The summed E-state index contributed by atoms with van der Waals surface area (Å²) in [5.74, 6) is -1.35. The van der Waals surface area contributed by atoms with Crippen LogP contribution in [0, 0.1) is 13.8 Å². The number of aliphatic carboxylic acids is 1. The van der Waals surface area contributed by atoms with E-state index in [0.29, 0.717) is 5.17 Å². The zero-order valence-electron chi connectivity index (χ0n) is 17.0. The van der Waals surface area contributed by atoms with Crippen molar-refractivity contribution in [2.75, 3.05) is 33.2 Å². The average molecular weight is 418 g/mol. The number of thioether (sulfide) groups is 1. The van der Waals surface area contributed by atoms with E-state index in [1.807, 2.05) is 6.92 Å². The van der Waals surface area contributed by atoms with Crippen LogP contribution in [0.3, 0.4) is 0 Å². The number of carboxylic acid groups (broad SMARTS) is 1. The molecule has 9 heteroatoms. The van der Waals surface area contributed by atoms with E-state index < -0.39 is 11.2 Å². The van der Waals surface area contributed by atoms with Gasteiger partial charge in [0, 0.05) is 32.7 Å². The number of amides is 1. The minimum absolute atomic E-state index is 0.230. The number of aryl methyl sites for hydroxylation is 2. The van der Waals surface area contributed by atoms with Crippen molar-refractivity contribution in [1.82, 2.24) is 15.1 Å². The second-order valence-electron chi connectivity index (χ2n) is 7.56. The Kier molecular flexibility index (Phi) is 7.05. The minimum atomic E-state index is -1.01. The summed E-state index contributed by atoms with van der Waals surface area (Å²) in [6.07, 6.45) is 1.46. The molecule has 1 aromatic rings. The summed E-state index contributed by atoms with van der Waals surface area (Å²) in [6, 6.07) is 4.31. The van der Waals surface area contributed by atoms with E-state index in [-0.39, 0.29) is 12.3 Å². The van der Waals surface area contributed by atoms with Gasteiger partial charge in [-0.1, -0.05) is 17.8 Å². The third kappa shape index (κ3) is 5.88. The van der Waals surface area contributed by atoms with Crippen molar-refractivity contribution in [3.8, 4) is 0 Å². The number of carbonyl (C=O) groups excluding carboxylic acids is 1. The van der Waals surface area contributed by atoms with Crippen molar-refractivity contribution in [2.45, 2.75) is 32.1 Å². The summed E-state index contributed by atoms with van der Waals surface area (Å²) in [7, 11) is 2.15. The van der Waals surface area contributed by atoms with Gasteiger partial charge in [0.2, 0.25) is 5.91 Å². The van der Waals surface area contributed by atoms with Crippen molar-refractivity contribution in [2.24, 2.45) is 10.2 Å². The van der Waals surface area contributed by atoms with Gasteiger partial charge in [-0.2, -0.15) is 5.10 Å². The van der Waals surface area contributed by atoms with Gasteiger partial charge < -0.3 is 15.3 Å². The molecule has 2 saturated heterocycles. The van der Waals surface area contributed by atoms with Gasteiger partial charge in [0.05, 0.1) is 12.6 Å². The minimum Gasteiger partial charge on any atom is -0.481 e. The van der Waals surface area contributed by atoms with E-state index in [0.717, 1.165) is 55.6 Å². The Balaban J connectivity index is 1.67. The number of nitrogens with one attached hydrogen (secondary N) is 1. The molecule has 1 unspecified atom stereocenters. The monoisotopic (exact) mass is 417 g/mol. The molecular formula is C20H27N5O3S. The highest BCUT2D eigenvalue weighted by Gasteiger charge is 2.32. The zero-order chi connectivity index (χ0) is 21.0. The van der Waals surface area contributed by atoms with Gasteiger partial charge in [-0.05, 0) is 49.2 Å². The van der Waals surface area contributed by atoms with Gasteiger partial charge in [0.25, 0.3) is 0 Å². The first-order valence-electron chi connectivity index (χ1n) is 9.63. The molecule has 2 N–H and O–H groups in total. The lowest BCUT2D eigenvalue weighted by Crippen LogP contribution is -2.44. The summed E-state index contributed by atoms with van der Waals surface area (Å²) in [5, 5.41) is 19.3. The van der Waals surface area contributed by atoms with Crippen LogP contribution >= 0.6 is 11.8 Å². The molecule has 0 radical (unpaired) electrons. The molecule has 3 rings (SSSR count). The lowest BCUT2D eigenvalue weighted by molar-refractivity contribution is -0.138. The molecule has 8 nitrogen and oxygen atoms in total. The quantitative estimate of drug-likeness (QED) is 0.537. The van der Waals surface area contributed by atoms with Crippen LogP contribution in [0.2, 0.25) is 0 Å². The Bertz CT molecular complexity index is 847. The topological polar surface area (TPSA) is 97.6 Å². The fourth-order valence-electron chi connectivity index (χ4n) is 3.36. The van der Waals surface area contributed by atoms with Gasteiger partial charge in [0.15, 0.2) is 5.17 Å². The van der Waals surface area contributed by atoms with Crippen molar-refractivity contribution in [1.29, 1.82) is 0 Å². The van der Waals surface area contributed by atoms with Crippen LogP contribution in [0.4, 0.5) is 0 Å². The second-order valence-corrected chi connectivity index (χ2v) is 8.75. The fraction of sp³-hybridized carbons (Fsp3) is 0.500. The van der Waals surface area contributed by atoms with Crippen LogP contribution in [0.1, 0.15) is 28.7 Å². The number of piperazine rings is 1. The number of carbonyl (C=O) groups is 2. The standard InChI is InChI=1S/C20H27N5O3S/c1-13-8-14(2)16(12-25-6-4-24(3)5-7-25)9-15(13)11-21-23-20-22-19(28)17(29-20)10-18(26)27/h8-9,11,17H,4-7,10,12H2,1-3H3,(H,26,27)(H,22,23,28). The molecule has 2 heterocycles. The normalized spacial score (nSPS) is 22.5. The Morgan fingerprint density at radius 3 is 2.69 bits per heavy atom. The molecule has 29 heavy (non-hydrogen) atoms. The SMILES string of the molecule is Cc1cc(C)c(CN2CCN(C)CC2)cc1C=NN=C1NC(=O)C(CC(=O)O)S1. The molecule has 1 aromatic carbocycles. The van der Waals surface area contributed by atoms with Crippen molar-refractivity contribution >= 4 is 35.0 Å². The van der Waals surface area contributed by atoms with E-state index in [1.165, 1.54) is 11.1 Å². The molecule has 0 saturated carbocycles. The largest absolute Gasteiger partial charge is 0.481 e. The Morgan fingerprint density at radius 2 is 2.00 bits per heavy atom. The summed E-state index contributed by atoms with van der Waals surface area (Å²) >= 11 is 1.10. The molecule has 156 valence electrons. The first kappa shape index (κ1) is 21.5. The molecule has 2 aliphatic heterocycles. The van der Waals surface area contributed by atoms with Crippen LogP contribution in [-0.4, -0.2) is 76.6 Å². The smallest absolute Gasteiger partial charge is 0.305 e. The highest BCUT2D eigenvalue weighted by atomic mass is 32.2. The highest BCUT2D eigenvalue weighted by Crippen LogP contribution is 2.22. The first-order valence-corrected chi connectivity index (χ1v) is 10.5. The Labute approximate surface area is 175 Å². The Morgan fingerprint density at radius 1 is 1.28 bits per heavy atom. The molecule has 0 aromatic heterocycles. The van der Waals surface area contributed by atoms with Crippen molar-refractivity contribution in [3.63, 3.8) is 0 Å². The number of rotatable bonds is 6. The van der Waals surface area contributed by atoms with Gasteiger partial charge in [-0.15, -0.1) is 5.10 Å². The highest BCUT2D eigenvalue weighted by molar-refractivity contribution is 8.15. The van der Waals surface area contributed by atoms with E-state index in [2.05, 4.69) is 51.4 Å². The fourth-order valence-corrected chi connectivity index (χ4v) is 4.28. The summed E-state index contributed by atoms with van der Waals surface area (Å²) in [5.41, 5.74) is 4.64. The lowest BCUT2D eigenvalue weighted by atomic mass is 10.00. The maximum atomic E-state index is 11.8. The van der Waals surface area contributed by atoms with Gasteiger partial charge in [0.1, 0.15) is 5.25 Å². The third-order valence-electron chi connectivity index (χ3n) is 5.20. The van der Waals surface area contributed by atoms with Crippen LogP contribution in [0.5, 0.6) is 0 Å². The predicted octanol–water partition coefficient (Wildman–Crippen LogP) is 1.45. The summed E-state index contributed by atoms with van der Waals surface area (Å²) in [4.78, 5) is 27.4. The molecule has 2 aliphatic rings. The summed E-state index contributed by atoms with van der Waals surface area (Å²) in [6.45, 7) is 9.39. The van der Waals surface area contributed by atoms with Crippen LogP contribution in [0.15, 0.2) is 22.3 Å². The zero-order valence-corrected chi connectivity index (χ0v) is 17.8. The second kappa shape index (κ2) is 9.51. The van der Waals surface area contributed by atoms with Gasteiger partial charge >= 0.3 is 5.97 Å². The number of amidine groups is 1. The number of likely N-dealkylation sites (N-methyl/N-ethyl adjacent to an activating group) is 1. The number of carboxylic acids is 1. The Hall–Kier alpha value is -2.23. The van der Waals surface area contributed by atoms with Crippen LogP contribution in [0.25, 0.3) is 0 Å². The first-order chi connectivity index (χ1) is 13.8.